The van der Waals surface area contributed by atoms with Gasteiger partial charge in [-0.15, -0.1) is 0 Å². The van der Waals surface area contributed by atoms with Crippen LogP contribution >= 0.6 is 0 Å². The monoisotopic (exact) mass is 486 g/mol. The average molecular weight is 487 g/mol. The van der Waals surface area contributed by atoms with Crippen molar-refractivity contribution < 1.29 is 9.53 Å². The largest absolute Gasteiger partial charge is 0.378 e. The van der Waals surface area contributed by atoms with Crippen LogP contribution in [-0.4, -0.2) is 89.6 Å². The molecular formula is C26H30N8O2. The van der Waals surface area contributed by atoms with E-state index in [-0.39, 0.29) is 11.7 Å². The Balaban J connectivity index is 1.37. The van der Waals surface area contributed by atoms with E-state index in [1.807, 2.05) is 12.3 Å². The molecule has 2 fully saturated rings. The number of ether oxygens (including phenoxy) is 1. The van der Waals surface area contributed by atoms with Crippen LogP contribution in [0.4, 0.5) is 17.6 Å². The van der Waals surface area contributed by atoms with Gasteiger partial charge in [-0.3, -0.25) is 9.69 Å². The first-order valence-electron chi connectivity index (χ1n) is 12.1. The van der Waals surface area contributed by atoms with Gasteiger partial charge in [0, 0.05) is 69.0 Å². The lowest BCUT2D eigenvalue weighted by molar-refractivity contribution is -0.115. The van der Waals surface area contributed by atoms with Crippen LogP contribution in [0.1, 0.15) is 0 Å². The third-order valence-corrected chi connectivity index (χ3v) is 6.50. The van der Waals surface area contributed by atoms with Gasteiger partial charge < -0.3 is 20.3 Å². The number of piperazine rings is 1. The molecule has 0 amide bonds. The first-order chi connectivity index (χ1) is 17.6. The molecule has 2 N–H and O–H groups in total. The van der Waals surface area contributed by atoms with E-state index in [1.165, 1.54) is 6.08 Å². The summed E-state index contributed by atoms with van der Waals surface area (Å²) in [6, 6.07) is 8.28. The third kappa shape index (κ3) is 5.50. The number of pyridine rings is 2. The maximum Gasteiger partial charge on any atom is 0.219 e. The number of ketones is 1. The molecular weight excluding hydrogens is 456 g/mol. The number of carbonyl (C=O) groups is 1. The minimum atomic E-state index is 0.0598. The first-order valence-corrected chi connectivity index (χ1v) is 12.1. The number of carbonyl (C=O) groups excluding carboxylic acids is 1. The van der Waals surface area contributed by atoms with E-state index < -0.39 is 0 Å². The molecule has 3 aromatic heterocycles. The van der Waals surface area contributed by atoms with Gasteiger partial charge in [-0.1, -0.05) is 6.58 Å². The number of hydrogen-bond acceptors (Lipinski definition) is 10. The van der Waals surface area contributed by atoms with Crippen molar-refractivity contribution in [3.8, 4) is 22.4 Å². The Labute approximate surface area is 210 Å². The molecule has 0 bridgehead atoms. The molecule has 36 heavy (non-hydrogen) atoms. The second-order valence-electron chi connectivity index (χ2n) is 8.87. The van der Waals surface area contributed by atoms with E-state index in [0.29, 0.717) is 19.8 Å². The molecule has 2 aliphatic rings. The summed E-state index contributed by atoms with van der Waals surface area (Å²) in [7, 11) is 0. The molecule has 186 valence electrons. The number of nitrogens with two attached hydrogens (primary N) is 1. The zero-order chi connectivity index (χ0) is 24.9. The van der Waals surface area contributed by atoms with E-state index in [4.69, 9.17) is 20.4 Å². The van der Waals surface area contributed by atoms with Crippen LogP contribution < -0.4 is 15.5 Å². The molecule has 2 saturated heterocycles. The maximum absolute atomic E-state index is 11.6. The minimum absolute atomic E-state index is 0.0598. The van der Waals surface area contributed by atoms with Crippen molar-refractivity contribution in [1.29, 1.82) is 0 Å². The van der Waals surface area contributed by atoms with E-state index >= 15 is 0 Å². The van der Waals surface area contributed by atoms with E-state index in [1.54, 1.807) is 12.4 Å². The Morgan fingerprint density at radius 2 is 1.58 bits per heavy atom. The van der Waals surface area contributed by atoms with Crippen molar-refractivity contribution in [1.82, 2.24) is 24.8 Å². The summed E-state index contributed by atoms with van der Waals surface area (Å²) in [5, 5.41) is 0. The smallest absolute Gasteiger partial charge is 0.219 e. The van der Waals surface area contributed by atoms with Gasteiger partial charge in [0.1, 0.15) is 11.6 Å². The summed E-state index contributed by atoms with van der Waals surface area (Å²) in [5.41, 5.74) is 9.29. The number of morpholine rings is 1. The molecule has 2 aliphatic heterocycles. The Hall–Kier alpha value is -3.89. The molecule has 0 aromatic carbocycles. The number of anilines is 3. The van der Waals surface area contributed by atoms with Gasteiger partial charge in [-0.25, -0.2) is 19.9 Å². The second kappa shape index (κ2) is 10.8. The summed E-state index contributed by atoms with van der Waals surface area (Å²) in [4.78, 5) is 36.2. The van der Waals surface area contributed by atoms with Gasteiger partial charge in [-0.2, -0.15) is 0 Å². The van der Waals surface area contributed by atoms with Crippen LogP contribution in [0.25, 0.3) is 22.4 Å². The van der Waals surface area contributed by atoms with Gasteiger partial charge in [0.2, 0.25) is 5.95 Å². The van der Waals surface area contributed by atoms with Crippen molar-refractivity contribution in [2.24, 2.45) is 0 Å². The molecule has 5 rings (SSSR count). The highest BCUT2D eigenvalue weighted by Gasteiger charge is 2.20. The second-order valence-corrected chi connectivity index (χ2v) is 8.87. The molecule has 10 heteroatoms. The summed E-state index contributed by atoms with van der Waals surface area (Å²) < 4.78 is 5.52. The zero-order valence-corrected chi connectivity index (χ0v) is 20.2. The number of rotatable bonds is 7. The molecule has 0 unspecified atom stereocenters. The summed E-state index contributed by atoms with van der Waals surface area (Å²) in [6.07, 6.45) is 6.69. The Kier molecular flexibility index (Phi) is 7.15. The molecule has 0 spiro atoms. The number of aromatic nitrogens is 4. The van der Waals surface area contributed by atoms with Gasteiger partial charge in [-0.05, 0) is 35.9 Å². The lowest BCUT2D eigenvalue weighted by Gasteiger charge is -2.34. The minimum Gasteiger partial charge on any atom is -0.378 e. The topological polar surface area (TPSA) is 114 Å². The first kappa shape index (κ1) is 23.8. The fourth-order valence-electron chi connectivity index (χ4n) is 4.42. The van der Waals surface area contributed by atoms with Crippen molar-refractivity contribution in [3.05, 3.63) is 55.5 Å². The van der Waals surface area contributed by atoms with Crippen LogP contribution in [-0.2, 0) is 9.53 Å². The number of hydrogen-bond donors (Lipinski definition) is 1. The molecule has 5 heterocycles. The number of nitrogen functional groups attached to an aromatic ring is 1. The van der Waals surface area contributed by atoms with Crippen LogP contribution in [0.3, 0.4) is 0 Å². The Morgan fingerprint density at radius 1 is 0.889 bits per heavy atom. The Morgan fingerprint density at radius 3 is 2.25 bits per heavy atom. The summed E-state index contributed by atoms with van der Waals surface area (Å²) >= 11 is 0. The zero-order valence-electron chi connectivity index (χ0n) is 20.2. The number of nitrogens with zero attached hydrogens (tertiary/aromatic N) is 7. The predicted octanol–water partition coefficient (Wildman–Crippen LogP) is 1.90. The van der Waals surface area contributed by atoms with Gasteiger partial charge in [0.05, 0.1) is 25.5 Å². The average Bonchev–Trinajstić information content (AvgIpc) is 2.94. The highest BCUT2D eigenvalue weighted by Crippen LogP contribution is 2.30. The normalized spacial score (nSPS) is 16.7. The molecule has 10 nitrogen and oxygen atoms in total. The predicted molar refractivity (Wildman–Crippen MR) is 140 cm³/mol. The summed E-state index contributed by atoms with van der Waals surface area (Å²) in [5.74, 6) is 2.11. The SMILES string of the molecule is C=CC(=O)CN1CCN(c2ccc(-c3cc(-c4cnc(N)nc4)nc(N4CCOCC4)c3)cn2)CC1. The molecule has 0 aliphatic carbocycles. The maximum atomic E-state index is 11.6. The van der Waals surface area contributed by atoms with E-state index in [9.17, 15) is 4.79 Å². The quantitative estimate of drug-likeness (QED) is 0.497. The molecule has 0 saturated carbocycles. The van der Waals surface area contributed by atoms with E-state index in [0.717, 1.165) is 73.3 Å². The highest BCUT2D eigenvalue weighted by atomic mass is 16.5. The van der Waals surface area contributed by atoms with Crippen LogP contribution in [0, 0.1) is 0 Å². The lowest BCUT2D eigenvalue weighted by atomic mass is 10.1. The van der Waals surface area contributed by atoms with Crippen molar-refractivity contribution >= 4 is 23.4 Å². The molecule has 0 atom stereocenters. The van der Waals surface area contributed by atoms with Gasteiger partial charge in [0.25, 0.3) is 0 Å². The van der Waals surface area contributed by atoms with Crippen molar-refractivity contribution in [2.45, 2.75) is 0 Å². The fourth-order valence-corrected chi connectivity index (χ4v) is 4.42. The Bertz CT molecular complexity index is 1200. The lowest BCUT2D eigenvalue weighted by Crippen LogP contribution is -2.48. The van der Waals surface area contributed by atoms with Crippen LogP contribution in [0.5, 0.6) is 0 Å². The molecule has 3 aromatic rings. The summed E-state index contributed by atoms with van der Waals surface area (Å²) in [6.45, 7) is 10.2. The van der Waals surface area contributed by atoms with Gasteiger partial charge >= 0.3 is 0 Å². The van der Waals surface area contributed by atoms with Crippen LogP contribution in [0.15, 0.2) is 55.5 Å². The van der Waals surface area contributed by atoms with E-state index in [2.05, 4.69) is 49.4 Å². The van der Waals surface area contributed by atoms with Crippen molar-refractivity contribution in [3.63, 3.8) is 0 Å². The van der Waals surface area contributed by atoms with Crippen LogP contribution in [0.2, 0.25) is 0 Å². The third-order valence-electron chi connectivity index (χ3n) is 6.50. The fraction of sp³-hybridized carbons (Fsp3) is 0.346. The highest BCUT2D eigenvalue weighted by molar-refractivity contribution is 5.90. The van der Waals surface area contributed by atoms with Crippen molar-refractivity contribution in [2.75, 3.05) is 74.6 Å². The molecule has 0 radical (unpaired) electrons. The standard InChI is InChI=1S/C26H30N8O2/c1-2-22(35)18-32-5-7-33(8-6-32)24-4-3-19(15-28-24)20-13-23(21-16-29-26(27)30-17-21)31-25(14-20)34-9-11-36-12-10-34/h2-4,13-17H,1,5-12,18H2,(H2,27,29,30). The van der Waals surface area contributed by atoms with Gasteiger partial charge in [0.15, 0.2) is 5.78 Å².